The van der Waals surface area contributed by atoms with Gasteiger partial charge in [-0.25, -0.2) is 26.6 Å². The van der Waals surface area contributed by atoms with Crippen molar-refractivity contribution in [1.82, 2.24) is 15.6 Å². The Kier molecular flexibility index (Phi) is 16.1. The molecule has 0 spiro atoms. The largest absolute Gasteiger partial charge is 0.494 e. The number of hydrogen-bond acceptors (Lipinski definition) is 8. The molecule has 1 saturated heterocycles. The van der Waals surface area contributed by atoms with E-state index >= 15 is 0 Å². The Morgan fingerprint density at radius 3 is 2.20 bits per heavy atom. The van der Waals surface area contributed by atoms with Crippen molar-refractivity contribution in [3.8, 4) is 5.75 Å². The lowest BCUT2D eigenvalue weighted by Crippen LogP contribution is -2.51. The number of quaternary nitrogens is 1. The van der Waals surface area contributed by atoms with E-state index in [0.717, 1.165) is 66.9 Å². The topological polar surface area (TPSA) is 140 Å². The number of nitrogens with two attached hydrogens (primary N) is 1. The standard InChI is InChI=1S/C39H56F3N5O5S2/c1-47(2,3)19-18-44-36(48)13-11-9-7-5-4-6-8-10-12-20-52-30-14-15-34-35(26-30)53-38(45-34)39(16-21-54(50,51)22-17-39)46-37(49)25-29(43)23-28-24-32(41)33(42)27-31(28)40/h14-15,24,26-27,29H,4-13,16-23,25,43H2,1-3H3,(H-,44,46,48,49)/p+1/t29-/m1/s1. The molecule has 0 bridgehead atoms. The van der Waals surface area contributed by atoms with Crippen molar-refractivity contribution in [2.75, 3.05) is 52.3 Å². The van der Waals surface area contributed by atoms with E-state index in [9.17, 15) is 31.2 Å². The van der Waals surface area contributed by atoms with Crippen molar-refractivity contribution in [3.63, 3.8) is 0 Å². The van der Waals surface area contributed by atoms with Gasteiger partial charge in [0.2, 0.25) is 11.8 Å². The fourth-order valence-corrected chi connectivity index (χ4v) is 9.26. The normalized spacial score (nSPS) is 15.9. The number of thiazole rings is 1. The SMILES string of the molecule is C[N+](C)(C)CCNC(=O)CCCCCCCCCCCOc1ccc2nc(C3(NC(=O)C[C@H](N)Cc4cc(F)c(F)cc4F)CCS(=O)(=O)CC3)sc2c1. The predicted octanol–water partition coefficient (Wildman–Crippen LogP) is 6.30. The monoisotopic (exact) mass is 796 g/mol. The van der Waals surface area contributed by atoms with E-state index in [1.807, 2.05) is 18.2 Å². The van der Waals surface area contributed by atoms with Gasteiger partial charge in [0.05, 0.1) is 68.1 Å². The van der Waals surface area contributed by atoms with Gasteiger partial charge in [-0.05, 0) is 61.9 Å². The van der Waals surface area contributed by atoms with Gasteiger partial charge in [-0.1, -0.05) is 44.9 Å². The molecule has 2 aromatic carbocycles. The van der Waals surface area contributed by atoms with Crippen LogP contribution in [0.3, 0.4) is 0 Å². The summed E-state index contributed by atoms with van der Waals surface area (Å²) >= 11 is 1.37. The average molecular weight is 797 g/mol. The second-order valence-corrected chi connectivity index (χ2v) is 18.9. The summed E-state index contributed by atoms with van der Waals surface area (Å²) in [5.74, 6) is -3.32. The molecule has 1 aliphatic heterocycles. The minimum Gasteiger partial charge on any atom is -0.494 e. The number of hydrogen-bond donors (Lipinski definition) is 3. The molecule has 54 heavy (non-hydrogen) atoms. The second kappa shape index (κ2) is 20.1. The van der Waals surface area contributed by atoms with Gasteiger partial charge in [0.1, 0.15) is 16.6 Å². The number of amides is 2. The highest BCUT2D eigenvalue weighted by atomic mass is 32.2. The number of ether oxygens (including phenoxy) is 1. The number of fused-ring (bicyclic) bond motifs is 1. The van der Waals surface area contributed by atoms with E-state index < -0.39 is 44.8 Å². The lowest BCUT2D eigenvalue weighted by Gasteiger charge is -2.36. The Labute approximate surface area is 321 Å². The van der Waals surface area contributed by atoms with E-state index in [1.165, 1.54) is 30.6 Å². The van der Waals surface area contributed by atoms with Crippen LogP contribution in [0.1, 0.15) is 94.0 Å². The van der Waals surface area contributed by atoms with Gasteiger partial charge in [-0.2, -0.15) is 0 Å². The zero-order valence-corrected chi connectivity index (χ0v) is 33.5. The summed E-state index contributed by atoms with van der Waals surface area (Å²) in [6.45, 7) is 2.22. The minimum atomic E-state index is -3.28. The Morgan fingerprint density at radius 2 is 1.54 bits per heavy atom. The number of unbranched alkanes of at least 4 members (excludes halogenated alkanes) is 8. The van der Waals surface area contributed by atoms with Crippen molar-refractivity contribution in [2.45, 2.75) is 101 Å². The van der Waals surface area contributed by atoms with E-state index in [2.05, 4.69) is 31.8 Å². The first-order chi connectivity index (χ1) is 25.5. The Bertz CT molecular complexity index is 1800. The number of nitrogens with one attached hydrogen (secondary N) is 2. The molecule has 0 unspecified atom stereocenters. The molecule has 1 fully saturated rings. The molecule has 0 aliphatic carbocycles. The van der Waals surface area contributed by atoms with Gasteiger partial charge < -0.3 is 25.6 Å². The van der Waals surface area contributed by atoms with Crippen molar-refractivity contribution in [3.05, 3.63) is 58.4 Å². The summed E-state index contributed by atoms with van der Waals surface area (Å²) < 4.78 is 73.7. The molecule has 4 N–H and O–H groups in total. The molecular formula is C39H57F3N5O5S2+. The van der Waals surface area contributed by atoms with Gasteiger partial charge in [-0.3, -0.25) is 9.59 Å². The number of carbonyl (C=O) groups excluding carboxylic acids is 2. The third kappa shape index (κ3) is 14.1. The minimum absolute atomic E-state index is 0.123. The van der Waals surface area contributed by atoms with Gasteiger partial charge >= 0.3 is 0 Å². The van der Waals surface area contributed by atoms with Crippen LogP contribution in [-0.4, -0.2) is 88.1 Å². The third-order valence-electron chi connectivity index (χ3n) is 9.77. The first-order valence-electron chi connectivity index (χ1n) is 19.1. The summed E-state index contributed by atoms with van der Waals surface area (Å²) in [7, 11) is 3.06. The maximum absolute atomic E-state index is 14.2. The summed E-state index contributed by atoms with van der Waals surface area (Å²) in [5.41, 5.74) is 5.65. The van der Waals surface area contributed by atoms with E-state index in [1.54, 1.807) is 0 Å². The van der Waals surface area contributed by atoms with Crippen LogP contribution in [0.2, 0.25) is 0 Å². The lowest BCUT2D eigenvalue weighted by atomic mass is 9.92. The fraction of sp³-hybridized carbons (Fsp3) is 0.615. The first-order valence-corrected chi connectivity index (χ1v) is 21.7. The van der Waals surface area contributed by atoms with Crippen LogP contribution in [0, 0.1) is 17.5 Å². The van der Waals surface area contributed by atoms with E-state index in [-0.39, 0.29) is 48.7 Å². The van der Waals surface area contributed by atoms with Gasteiger partial charge in [-0.15, -0.1) is 11.3 Å². The highest BCUT2D eigenvalue weighted by Gasteiger charge is 2.42. The highest BCUT2D eigenvalue weighted by molar-refractivity contribution is 7.91. The molecule has 3 aromatic rings. The van der Waals surface area contributed by atoms with Gasteiger partial charge in [0.25, 0.3) is 0 Å². The van der Waals surface area contributed by atoms with Crippen LogP contribution in [0.5, 0.6) is 5.75 Å². The van der Waals surface area contributed by atoms with Crippen LogP contribution in [0.25, 0.3) is 10.2 Å². The second-order valence-electron chi connectivity index (χ2n) is 15.6. The molecule has 0 saturated carbocycles. The summed E-state index contributed by atoms with van der Waals surface area (Å²) in [6.07, 6.45) is 10.3. The smallest absolute Gasteiger partial charge is 0.222 e. The number of likely N-dealkylation sites (N-methyl/N-ethyl adjacent to an activating group) is 1. The molecule has 1 atom stereocenters. The maximum Gasteiger partial charge on any atom is 0.222 e. The molecule has 10 nitrogen and oxygen atoms in total. The van der Waals surface area contributed by atoms with E-state index in [0.29, 0.717) is 35.4 Å². The number of benzene rings is 2. The van der Waals surface area contributed by atoms with Crippen LogP contribution in [0.4, 0.5) is 13.2 Å². The zero-order valence-electron chi connectivity index (χ0n) is 31.9. The van der Waals surface area contributed by atoms with Gasteiger partial charge in [0, 0.05) is 24.9 Å². The first kappa shape index (κ1) is 43.5. The molecule has 1 aliphatic rings. The van der Waals surface area contributed by atoms with E-state index in [4.69, 9.17) is 15.5 Å². The third-order valence-corrected chi connectivity index (χ3v) is 12.6. The van der Waals surface area contributed by atoms with Crippen molar-refractivity contribution in [2.24, 2.45) is 5.73 Å². The molecular weight excluding hydrogens is 740 g/mol. The zero-order chi connectivity index (χ0) is 39.4. The van der Waals surface area contributed by atoms with Crippen LogP contribution in [0.15, 0.2) is 30.3 Å². The van der Waals surface area contributed by atoms with Crippen molar-refractivity contribution in [1.29, 1.82) is 0 Å². The molecule has 15 heteroatoms. The molecule has 0 radical (unpaired) electrons. The van der Waals surface area contributed by atoms with Crippen LogP contribution < -0.4 is 21.1 Å². The molecule has 4 rings (SSSR count). The summed E-state index contributed by atoms with van der Waals surface area (Å²) in [5, 5.41) is 6.58. The quantitative estimate of drug-likeness (QED) is 0.0617. The van der Waals surface area contributed by atoms with Crippen molar-refractivity contribution < 1.29 is 40.4 Å². The number of sulfone groups is 1. The summed E-state index contributed by atoms with van der Waals surface area (Å²) in [6, 6.07) is 5.91. The van der Waals surface area contributed by atoms with Crippen molar-refractivity contribution >= 4 is 43.2 Å². The maximum atomic E-state index is 14.2. The average Bonchev–Trinajstić information content (AvgIpc) is 3.52. The lowest BCUT2D eigenvalue weighted by molar-refractivity contribution is -0.869. The fourth-order valence-electron chi connectivity index (χ4n) is 6.54. The summed E-state index contributed by atoms with van der Waals surface area (Å²) in [4.78, 5) is 30.0. The number of halogens is 3. The number of nitrogens with zero attached hydrogens (tertiary/aromatic N) is 2. The highest BCUT2D eigenvalue weighted by Crippen LogP contribution is 2.39. The van der Waals surface area contributed by atoms with Crippen LogP contribution >= 0.6 is 11.3 Å². The molecule has 2 heterocycles. The number of aromatic nitrogens is 1. The van der Waals surface area contributed by atoms with Crippen LogP contribution in [-0.2, 0) is 31.4 Å². The number of rotatable bonds is 22. The predicted molar refractivity (Wildman–Crippen MR) is 208 cm³/mol. The Balaban J connectivity index is 1.19. The Morgan fingerprint density at radius 1 is 0.907 bits per heavy atom. The Hall–Kier alpha value is -3.27. The number of carbonyl (C=O) groups is 2. The van der Waals surface area contributed by atoms with Gasteiger partial charge in [0.15, 0.2) is 21.5 Å². The molecule has 300 valence electrons. The molecule has 2 amide bonds. The molecule has 1 aromatic heterocycles.